The van der Waals surface area contributed by atoms with Gasteiger partial charge in [-0.2, -0.15) is 0 Å². The Morgan fingerprint density at radius 2 is 2.25 bits per heavy atom. The van der Waals surface area contributed by atoms with Gasteiger partial charge in [-0.1, -0.05) is 23.7 Å². The lowest BCUT2D eigenvalue weighted by molar-refractivity contribution is -0.154. The molecule has 8 heteroatoms. The number of nitrogens with zero attached hydrogens (tertiary/aromatic N) is 2. The fourth-order valence-electron chi connectivity index (χ4n) is 2.47. The van der Waals surface area contributed by atoms with Crippen molar-refractivity contribution >= 4 is 34.8 Å². The molecule has 2 aromatic rings. The quantitative estimate of drug-likeness (QED) is 0.903. The van der Waals surface area contributed by atoms with Gasteiger partial charge in [-0.25, -0.2) is 9.78 Å². The van der Waals surface area contributed by atoms with Gasteiger partial charge in [0, 0.05) is 17.1 Å². The topological polar surface area (TPSA) is 79.7 Å². The molecule has 1 aliphatic heterocycles. The van der Waals surface area contributed by atoms with Crippen LogP contribution in [0.5, 0.6) is 0 Å². The summed E-state index contributed by atoms with van der Waals surface area (Å²) in [6, 6.07) is 7.28. The van der Waals surface area contributed by atoms with E-state index in [0.29, 0.717) is 27.1 Å². The molecule has 126 valence electrons. The maximum Gasteiger partial charge on any atom is 0.334 e. The van der Waals surface area contributed by atoms with E-state index in [1.54, 1.807) is 19.1 Å². The number of aliphatic carboxylic acids is 1. The Kier molecular flexibility index (Phi) is 4.84. The normalized spacial score (nSPS) is 17.8. The summed E-state index contributed by atoms with van der Waals surface area (Å²) in [6.07, 6.45) is -0.983. The van der Waals surface area contributed by atoms with E-state index in [2.05, 4.69) is 4.98 Å². The van der Waals surface area contributed by atoms with E-state index in [0.717, 1.165) is 5.56 Å². The summed E-state index contributed by atoms with van der Waals surface area (Å²) in [5.74, 6) is -1.28. The Bertz CT molecular complexity index is 792. The van der Waals surface area contributed by atoms with Crippen molar-refractivity contribution in [3.8, 4) is 10.6 Å². The lowest BCUT2D eigenvalue weighted by Crippen LogP contribution is -2.48. The van der Waals surface area contributed by atoms with Crippen LogP contribution in [0.1, 0.15) is 15.4 Å². The minimum Gasteiger partial charge on any atom is -0.479 e. The SMILES string of the molecule is Cc1nc(-c2cccc(Cl)c2)sc1C(=O)N1CCO[C@@H](C(=O)O)C1. The Balaban J connectivity index is 1.84. The molecule has 0 unspecified atom stereocenters. The fourth-order valence-corrected chi connectivity index (χ4v) is 3.69. The van der Waals surface area contributed by atoms with Crippen LogP contribution in [-0.2, 0) is 9.53 Å². The summed E-state index contributed by atoms with van der Waals surface area (Å²) >= 11 is 7.29. The van der Waals surface area contributed by atoms with Crippen LogP contribution >= 0.6 is 22.9 Å². The Hall–Kier alpha value is -1.96. The first-order valence-corrected chi connectivity index (χ1v) is 8.52. The lowest BCUT2D eigenvalue weighted by atomic mass is 10.2. The van der Waals surface area contributed by atoms with Gasteiger partial charge in [0.25, 0.3) is 5.91 Å². The first-order valence-electron chi connectivity index (χ1n) is 7.33. The highest BCUT2D eigenvalue weighted by atomic mass is 35.5. The second-order valence-electron chi connectivity index (χ2n) is 5.39. The van der Waals surface area contributed by atoms with Crippen LogP contribution in [0.2, 0.25) is 5.02 Å². The van der Waals surface area contributed by atoms with Crippen LogP contribution in [0.15, 0.2) is 24.3 Å². The highest BCUT2D eigenvalue weighted by molar-refractivity contribution is 7.17. The van der Waals surface area contributed by atoms with Gasteiger partial charge in [-0.05, 0) is 19.1 Å². The average molecular weight is 367 g/mol. The molecule has 1 aromatic carbocycles. The second kappa shape index (κ2) is 6.88. The fraction of sp³-hybridized carbons (Fsp3) is 0.312. The third kappa shape index (κ3) is 3.43. The number of carbonyl (C=O) groups is 2. The first-order chi connectivity index (χ1) is 11.5. The Morgan fingerprint density at radius 1 is 1.46 bits per heavy atom. The van der Waals surface area contributed by atoms with Gasteiger partial charge >= 0.3 is 5.97 Å². The maximum absolute atomic E-state index is 12.7. The van der Waals surface area contributed by atoms with Crippen molar-refractivity contribution in [1.82, 2.24) is 9.88 Å². The number of hydrogen-bond donors (Lipinski definition) is 1. The van der Waals surface area contributed by atoms with Crippen molar-refractivity contribution in [1.29, 1.82) is 0 Å². The van der Waals surface area contributed by atoms with Gasteiger partial charge in [0.1, 0.15) is 9.88 Å². The summed E-state index contributed by atoms with van der Waals surface area (Å²) < 4.78 is 5.15. The monoisotopic (exact) mass is 366 g/mol. The summed E-state index contributed by atoms with van der Waals surface area (Å²) in [7, 11) is 0. The van der Waals surface area contributed by atoms with Gasteiger partial charge in [0.2, 0.25) is 0 Å². The number of ether oxygens (including phenoxy) is 1. The minimum absolute atomic E-state index is 0.0397. The molecule has 1 aliphatic rings. The highest BCUT2D eigenvalue weighted by Gasteiger charge is 2.31. The van der Waals surface area contributed by atoms with Crippen LogP contribution in [0.3, 0.4) is 0 Å². The van der Waals surface area contributed by atoms with E-state index in [-0.39, 0.29) is 19.1 Å². The van der Waals surface area contributed by atoms with Crippen molar-refractivity contribution < 1.29 is 19.4 Å². The second-order valence-corrected chi connectivity index (χ2v) is 6.83. The molecule has 1 N–H and O–H groups in total. The standard InChI is InChI=1S/C16H15ClN2O4S/c1-9-13(15(20)19-5-6-23-12(8-19)16(21)22)24-14(18-9)10-3-2-4-11(17)7-10/h2-4,7,12H,5-6,8H2,1H3,(H,21,22)/t12-/m1/s1. The van der Waals surface area contributed by atoms with E-state index in [1.807, 2.05) is 12.1 Å². The van der Waals surface area contributed by atoms with Crippen LogP contribution in [0.25, 0.3) is 10.6 Å². The van der Waals surface area contributed by atoms with Crippen molar-refractivity contribution in [2.24, 2.45) is 0 Å². The molecule has 0 bridgehead atoms. The predicted molar refractivity (Wildman–Crippen MR) is 90.6 cm³/mol. The number of rotatable bonds is 3. The van der Waals surface area contributed by atoms with E-state index in [1.165, 1.54) is 16.2 Å². The van der Waals surface area contributed by atoms with Crippen LogP contribution in [0, 0.1) is 6.92 Å². The summed E-state index contributed by atoms with van der Waals surface area (Å²) in [4.78, 5) is 30.3. The number of aryl methyl sites for hydroxylation is 1. The number of benzene rings is 1. The zero-order chi connectivity index (χ0) is 17.3. The highest BCUT2D eigenvalue weighted by Crippen LogP contribution is 2.30. The molecule has 0 aliphatic carbocycles. The predicted octanol–water partition coefficient (Wildman–Crippen LogP) is 2.70. The number of hydrogen-bond acceptors (Lipinski definition) is 5. The van der Waals surface area contributed by atoms with Crippen molar-refractivity contribution in [2.75, 3.05) is 19.7 Å². The molecule has 0 saturated carbocycles. The molecule has 24 heavy (non-hydrogen) atoms. The Morgan fingerprint density at radius 3 is 2.96 bits per heavy atom. The van der Waals surface area contributed by atoms with E-state index >= 15 is 0 Å². The molecule has 0 spiro atoms. The molecule has 1 fully saturated rings. The molecule has 0 radical (unpaired) electrons. The molecule has 1 amide bonds. The van der Waals surface area contributed by atoms with Crippen LogP contribution < -0.4 is 0 Å². The largest absolute Gasteiger partial charge is 0.479 e. The van der Waals surface area contributed by atoms with Gasteiger partial charge in [0.05, 0.1) is 18.8 Å². The number of carboxylic acids is 1. The first kappa shape index (κ1) is 16.9. The summed E-state index contributed by atoms with van der Waals surface area (Å²) in [6.45, 7) is 2.39. The van der Waals surface area contributed by atoms with Crippen molar-refractivity contribution in [3.63, 3.8) is 0 Å². The number of aromatic nitrogens is 1. The molecule has 1 saturated heterocycles. The molecule has 6 nitrogen and oxygen atoms in total. The minimum atomic E-state index is -1.06. The maximum atomic E-state index is 12.7. The Labute approximate surface area is 147 Å². The molecule has 1 atom stereocenters. The summed E-state index contributed by atoms with van der Waals surface area (Å²) in [5, 5.41) is 10.4. The van der Waals surface area contributed by atoms with E-state index < -0.39 is 12.1 Å². The van der Waals surface area contributed by atoms with Gasteiger partial charge in [-0.3, -0.25) is 4.79 Å². The van der Waals surface area contributed by atoms with Crippen molar-refractivity contribution in [2.45, 2.75) is 13.0 Å². The van der Waals surface area contributed by atoms with Gasteiger partial charge in [-0.15, -0.1) is 11.3 Å². The summed E-state index contributed by atoms with van der Waals surface area (Å²) in [5.41, 5.74) is 1.47. The van der Waals surface area contributed by atoms with Crippen molar-refractivity contribution in [3.05, 3.63) is 39.9 Å². The molecule has 2 heterocycles. The van der Waals surface area contributed by atoms with Gasteiger partial charge in [0.15, 0.2) is 6.10 Å². The number of amides is 1. The number of morpholine rings is 1. The third-order valence-electron chi connectivity index (χ3n) is 3.69. The lowest BCUT2D eigenvalue weighted by Gasteiger charge is -2.30. The number of carbonyl (C=O) groups excluding carboxylic acids is 1. The number of thiazole rings is 1. The van der Waals surface area contributed by atoms with E-state index in [4.69, 9.17) is 21.4 Å². The molecule has 3 rings (SSSR count). The molecular formula is C16H15ClN2O4S. The zero-order valence-corrected chi connectivity index (χ0v) is 14.4. The smallest absolute Gasteiger partial charge is 0.334 e. The van der Waals surface area contributed by atoms with E-state index in [9.17, 15) is 9.59 Å². The average Bonchev–Trinajstić information content (AvgIpc) is 2.96. The number of carboxylic acid groups (broad SMARTS) is 1. The van der Waals surface area contributed by atoms with Gasteiger partial charge < -0.3 is 14.7 Å². The third-order valence-corrected chi connectivity index (χ3v) is 5.12. The van der Waals surface area contributed by atoms with Crippen LogP contribution in [-0.4, -0.2) is 52.7 Å². The molecular weight excluding hydrogens is 352 g/mol. The zero-order valence-electron chi connectivity index (χ0n) is 12.9. The molecule has 1 aromatic heterocycles. The van der Waals surface area contributed by atoms with Crippen LogP contribution in [0.4, 0.5) is 0 Å². The number of halogens is 1.